The average molecular weight is 442 g/mol. The minimum absolute atomic E-state index is 0.438. The Labute approximate surface area is 179 Å². The topological polar surface area (TPSA) is 38.3 Å². The number of amides is 1. The lowest BCUT2D eigenvalue weighted by atomic mass is 10.0. The van der Waals surface area contributed by atoms with Crippen LogP contribution in [-0.2, 0) is 11.2 Å². The fourth-order valence-corrected chi connectivity index (χ4v) is 3.06. The van der Waals surface area contributed by atoms with Crippen LogP contribution in [0, 0.1) is 0 Å². The average Bonchev–Trinajstić information content (AvgIpc) is 2.58. The second-order valence-corrected chi connectivity index (χ2v) is 8.42. The zero-order chi connectivity index (χ0) is 21.7. The van der Waals surface area contributed by atoms with E-state index in [-0.39, 0.29) is 0 Å². The molecule has 156 valence electrons. The number of nitrogens with one attached hydrogen (secondary N) is 1. The lowest BCUT2D eigenvalue weighted by molar-refractivity contribution is -0.00410. The van der Waals surface area contributed by atoms with Gasteiger partial charge in [0.05, 0.1) is 6.54 Å². The second kappa shape index (κ2) is 9.59. The van der Waals surface area contributed by atoms with E-state index in [1.54, 1.807) is 75.4 Å². The van der Waals surface area contributed by atoms with Crippen molar-refractivity contribution in [1.29, 1.82) is 0 Å². The molecule has 0 spiro atoms. The van der Waals surface area contributed by atoms with Crippen molar-refractivity contribution in [2.24, 2.45) is 0 Å². The van der Waals surface area contributed by atoms with Gasteiger partial charge in [-0.2, -0.15) is 0 Å². The van der Waals surface area contributed by atoms with Crippen molar-refractivity contribution < 1.29 is 18.3 Å². The van der Waals surface area contributed by atoms with Crippen molar-refractivity contribution in [3.8, 4) is 0 Å². The molecule has 1 N–H and O–H groups in total. The molecule has 2 aromatic carbocycles. The van der Waals surface area contributed by atoms with Gasteiger partial charge in [-0.15, -0.1) is 0 Å². The molecule has 2 rings (SSSR count). The van der Waals surface area contributed by atoms with Crippen LogP contribution in [0.15, 0.2) is 42.5 Å². The molecule has 1 amide bonds. The van der Waals surface area contributed by atoms with Gasteiger partial charge in [-0.05, 0) is 44.0 Å². The molecule has 0 aliphatic carbocycles. The fourth-order valence-electron chi connectivity index (χ4n) is 2.53. The van der Waals surface area contributed by atoms with Crippen LogP contribution in [-0.4, -0.2) is 24.2 Å². The molecule has 0 aromatic heterocycles. The summed E-state index contributed by atoms with van der Waals surface area (Å²) >= 11 is 12.3. The molecular formula is C22H23Cl2F2NO2. The molecule has 0 aliphatic rings. The third kappa shape index (κ3) is 8.03. The Hall–Kier alpha value is -2.11. The van der Waals surface area contributed by atoms with Crippen LogP contribution >= 0.6 is 23.2 Å². The van der Waals surface area contributed by atoms with Crippen LogP contribution in [0.1, 0.15) is 37.5 Å². The molecule has 29 heavy (non-hydrogen) atoms. The van der Waals surface area contributed by atoms with Crippen LogP contribution in [0.3, 0.4) is 0 Å². The Morgan fingerprint density at radius 1 is 1.07 bits per heavy atom. The molecule has 0 atom stereocenters. The largest absolute Gasteiger partial charge is 0.444 e. The summed E-state index contributed by atoms with van der Waals surface area (Å²) in [5.74, 6) is -3.12. The Kier molecular flexibility index (Phi) is 7.66. The summed E-state index contributed by atoms with van der Waals surface area (Å²) in [7, 11) is 0. The number of benzene rings is 2. The van der Waals surface area contributed by atoms with Gasteiger partial charge in [0.15, 0.2) is 0 Å². The minimum Gasteiger partial charge on any atom is -0.444 e. The molecular weight excluding hydrogens is 419 g/mol. The Morgan fingerprint density at radius 2 is 1.69 bits per heavy atom. The van der Waals surface area contributed by atoms with Crippen molar-refractivity contribution in [2.75, 3.05) is 6.54 Å². The summed E-state index contributed by atoms with van der Waals surface area (Å²) < 4.78 is 33.5. The smallest absolute Gasteiger partial charge is 0.407 e. The maximum Gasteiger partial charge on any atom is 0.407 e. The first-order valence-electron chi connectivity index (χ1n) is 9.01. The molecule has 3 nitrogen and oxygen atoms in total. The first kappa shape index (κ1) is 23.2. The molecule has 0 bridgehead atoms. The van der Waals surface area contributed by atoms with Crippen molar-refractivity contribution in [3.05, 3.63) is 69.2 Å². The lowest BCUT2D eigenvalue weighted by Crippen LogP contribution is -2.40. The highest BCUT2D eigenvalue weighted by Gasteiger charge is 2.30. The number of carbonyl (C=O) groups is 1. The molecule has 0 saturated carbocycles. The number of hydrogen-bond donors (Lipinski definition) is 1. The summed E-state index contributed by atoms with van der Waals surface area (Å²) in [6, 6.07) is 12.0. The van der Waals surface area contributed by atoms with Crippen molar-refractivity contribution in [3.63, 3.8) is 0 Å². The van der Waals surface area contributed by atoms with Crippen LogP contribution in [0.5, 0.6) is 0 Å². The number of halogens is 4. The van der Waals surface area contributed by atoms with Crippen molar-refractivity contribution in [2.45, 2.75) is 38.7 Å². The van der Waals surface area contributed by atoms with Gasteiger partial charge in [-0.1, -0.05) is 65.7 Å². The zero-order valence-electron chi connectivity index (χ0n) is 16.4. The highest BCUT2D eigenvalue weighted by atomic mass is 35.5. The second-order valence-electron chi connectivity index (χ2n) is 7.60. The molecule has 7 heteroatoms. The molecule has 0 fully saturated rings. The number of hydrogen-bond acceptors (Lipinski definition) is 2. The van der Waals surface area contributed by atoms with Gasteiger partial charge >= 0.3 is 6.09 Å². The van der Waals surface area contributed by atoms with E-state index < -0.39 is 30.6 Å². The summed E-state index contributed by atoms with van der Waals surface area (Å²) in [5, 5.41) is 3.13. The van der Waals surface area contributed by atoms with Gasteiger partial charge in [-0.3, -0.25) is 0 Å². The third-order valence-electron chi connectivity index (χ3n) is 3.75. The number of alkyl carbamates (subject to hydrolysis) is 1. The molecule has 0 saturated heterocycles. The molecule has 0 aliphatic heterocycles. The van der Waals surface area contributed by atoms with E-state index in [0.717, 1.165) is 5.56 Å². The van der Waals surface area contributed by atoms with Gasteiger partial charge in [0.1, 0.15) is 5.60 Å². The summed E-state index contributed by atoms with van der Waals surface area (Å²) in [6.07, 6.45) is 2.11. The minimum atomic E-state index is -3.12. The van der Waals surface area contributed by atoms with Crippen LogP contribution in [0.4, 0.5) is 13.6 Å². The van der Waals surface area contributed by atoms with E-state index in [4.69, 9.17) is 27.9 Å². The fraction of sp³-hybridized carbons (Fsp3) is 0.318. The summed E-state index contributed by atoms with van der Waals surface area (Å²) in [6.45, 7) is 4.19. The quantitative estimate of drug-likeness (QED) is 0.496. The van der Waals surface area contributed by atoms with E-state index in [0.29, 0.717) is 21.2 Å². The van der Waals surface area contributed by atoms with Gasteiger partial charge in [-0.25, -0.2) is 13.6 Å². The lowest BCUT2D eigenvalue weighted by Gasteiger charge is -2.22. The van der Waals surface area contributed by atoms with E-state index in [1.165, 1.54) is 0 Å². The molecule has 0 unspecified atom stereocenters. The maximum absolute atomic E-state index is 14.3. The molecule has 0 heterocycles. The van der Waals surface area contributed by atoms with Crippen molar-refractivity contribution in [1.82, 2.24) is 5.32 Å². The van der Waals surface area contributed by atoms with Gasteiger partial charge in [0.2, 0.25) is 0 Å². The number of rotatable bonds is 6. The highest BCUT2D eigenvalue weighted by molar-refractivity contribution is 6.37. The maximum atomic E-state index is 14.3. The first-order chi connectivity index (χ1) is 13.5. The van der Waals surface area contributed by atoms with Gasteiger partial charge < -0.3 is 10.1 Å². The standard InChI is InChI=1S/C22H23Cl2F2NO2/c1-21(2,3)29-20(28)27-14-22(25,26)13-16-7-4-6-15(12-16)10-11-17-18(23)8-5-9-19(17)24/h4-12H,13-14H2,1-3H3,(H,27,28)/b11-10+. The molecule has 0 radical (unpaired) electrons. The number of ether oxygens (including phenoxy) is 1. The van der Waals surface area contributed by atoms with Crippen molar-refractivity contribution >= 4 is 41.4 Å². The molecule has 2 aromatic rings. The zero-order valence-corrected chi connectivity index (χ0v) is 18.0. The summed E-state index contributed by atoms with van der Waals surface area (Å²) in [4.78, 5) is 11.6. The highest BCUT2D eigenvalue weighted by Crippen LogP contribution is 2.27. The monoisotopic (exact) mass is 441 g/mol. The van der Waals surface area contributed by atoms with E-state index in [9.17, 15) is 13.6 Å². The normalized spacial score (nSPS) is 12.2. The van der Waals surface area contributed by atoms with Gasteiger partial charge in [0, 0.05) is 22.0 Å². The van der Waals surface area contributed by atoms with Gasteiger partial charge in [0.25, 0.3) is 5.92 Å². The number of carbonyl (C=O) groups excluding carboxylic acids is 1. The predicted molar refractivity (Wildman–Crippen MR) is 115 cm³/mol. The predicted octanol–water partition coefficient (Wildman–Crippen LogP) is 6.87. The SMILES string of the molecule is CC(C)(C)OC(=O)NCC(F)(F)Cc1cccc(/C=C/c2c(Cl)cccc2Cl)c1. The summed E-state index contributed by atoms with van der Waals surface area (Å²) in [5.41, 5.74) is 1.08. The van der Waals surface area contributed by atoms with E-state index in [2.05, 4.69) is 5.32 Å². The van der Waals surface area contributed by atoms with E-state index in [1.807, 2.05) is 0 Å². The Bertz CT molecular complexity index is 872. The Balaban J connectivity index is 2.03. The van der Waals surface area contributed by atoms with Crippen LogP contribution in [0.25, 0.3) is 12.2 Å². The van der Waals surface area contributed by atoms with Crippen LogP contribution < -0.4 is 5.32 Å². The number of alkyl halides is 2. The first-order valence-corrected chi connectivity index (χ1v) is 9.76. The third-order valence-corrected chi connectivity index (χ3v) is 4.41. The van der Waals surface area contributed by atoms with Crippen LogP contribution in [0.2, 0.25) is 10.0 Å². The Morgan fingerprint density at radius 3 is 2.31 bits per heavy atom. The van der Waals surface area contributed by atoms with E-state index >= 15 is 0 Å².